The van der Waals surface area contributed by atoms with E-state index in [1.165, 1.54) is 25.7 Å². The smallest absolute Gasteiger partial charge is 0.263 e. The summed E-state index contributed by atoms with van der Waals surface area (Å²) in [5.41, 5.74) is 0.967. The number of pyridine rings is 1. The van der Waals surface area contributed by atoms with Gasteiger partial charge in [-0.3, -0.25) is 4.79 Å². The van der Waals surface area contributed by atoms with Gasteiger partial charge in [0.25, 0.3) is 5.91 Å². The number of hydrogen-bond acceptors (Lipinski definition) is 4. The monoisotopic (exact) mass is 379 g/mol. The van der Waals surface area contributed by atoms with E-state index in [1.54, 1.807) is 30.5 Å². The molecule has 2 aromatic rings. The van der Waals surface area contributed by atoms with Gasteiger partial charge in [-0.1, -0.05) is 36.0 Å². The molecule has 0 spiro atoms. The van der Waals surface area contributed by atoms with Crippen LogP contribution in [-0.2, 0) is 4.79 Å². The van der Waals surface area contributed by atoms with Crippen LogP contribution in [0.5, 0.6) is 5.75 Å². The fourth-order valence-corrected chi connectivity index (χ4v) is 3.24. The van der Waals surface area contributed by atoms with Crippen LogP contribution in [0.3, 0.4) is 0 Å². The molecule has 1 aromatic carbocycles. The van der Waals surface area contributed by atoms with Crippen molar-refractivity contribution in [3.63, 3.8) is 0 Å². The van der Waals surface area contributed by atoms with Gasteiger partial charge in [-0.05, 0) is 43.2 Å². The lowest BCUT2D eigenvalue weighted by atomic mass is 10.2. The van der Waals surface area contributed by atoms with Gasteiger partial charge < -0.3 is 15.4 Å². The second-order valence-corrected chi connectivity index (χ2v) is 6.81. The first-order valence-electron chi connectivity index (χ1n) is 8.20. The zero-order chi connectivity index (χ0) is 17.6. The van der Waals surface area contributed by atoms with E-state index in [0.29, 0.717) is 27.7 Å². The highest BCUT2D eigenvalue weighted by Crippen LogP contribution is 2.27. The minimum absolute atomic E-state index is 0.162. The van der Waals surface area contributed by atoms with Gasteiger partial charge in [-0.25, -0.2) is 4.98 Å². The third-order valence-corrected chi connectivity index (χ3v) is 4.54. The Bertz CT molecular complexity index is 732. The van der Waals surface area contributed by atoms with E-state index in [2.05, 4.69) is 15.6 Å². The molecule has 0 radical (unpaired) electrons. The van der Waals surface area contributed by atoms with Gasteiger partial charge in [0, 0.05) is 11.1 Å². The molecule has 1 aromatic heterocycles. The topological polar surface area (TPSA) is 63.2 Å². The quantitative estimate of drug-likeness (QED) is 0.759. The summed E-state index contributed by atoms with van der Waals surface area (Å²) in [4.78, 5) is 16.2. The molecular formula is C18H19Cl2N3O2. The second-order valence-electron chi connectivity index (χ2n) is 5.97. The number of amides is 1. The van der Waals surface area contributed by atoms with E-state index in [0.717, 1.165) is 5.69 Å². The Hall–Kier alpha value is -1.98. The number of rotatable bonds is 6. The molecule has 5 nitrogen and oxygen atoms in total. The van der Waals surface area contributed by atoms with Crippen molar-refractivity contribution < 1.29 is 9.53 Å². The summed E-state index contributed by atoms with van der Waals surface area (Å²) in [5.74, 6) is 0.577. The molecule has 0 saturated heterocycles. The predicted octanol–water partition coefficient (Wildman–Crippen LogP) is 4.76. The highest BCUT2D eigenvalue weighted by molar-refractivity contribution is 6.35. The van der Waals surface area contributed by atoms with Gasteiger partial charge >= 0.3 is 0 Å². The molecule has 132 valence electrons. The maximum absolute atomic E-state index is 12.0. The number of nitrogens with one attached hydrogen (secondary N) is 2. The number of carbonyl (C=O) groups excluding carboxylic acids is 1. The van der Waals surface area contributed by atoms with Crippen LogP contribution in [0.4, 0.5) is 11.5 Å². The summed E-state index contributed by atoms with van der Waals surface area (Å²) in [6.45, 7) is -0.162. The molecule has 0 bridgehead atoms. The van der Waals surface area contributed by atoms with E-state index in [1.807, 2.05) is 6.07 Å². The lowest BCUT2D eigenvalue weighted by Crippen LogP contribution is -2.21. The molecule has 7 heteroatoms. The van der Waals surface area contributed by atoms with Crippen molar-refractivity contribution in [1.29, 1.82) is 0 Å². The lowest BCUT2D eigenvalue weighted by Gasteiger charge is -2.13. The van der Waals surface area contributed by atoms with E-state index in [-0.39, 0.29) is 12.5 Å². The minimum Gasteiger partial charge on any atom is -0.482 e. The molecule has 0 atom stereocenters. The number of anilines is 2. The summed E-state index contributed by atoms with van der Waals surface area (Å²) in [6.07, 6.45) is 6.67. The molecular weight excluding hydrogens is 361 g/mol. The van der Waals surface area contributed by atoms with Crippen LogP contribution in [0.25, 0.3) is 0 Å². The average Bonchev–Trinajstić information content (AvgIpc) is 3.09. The number of hydrogen-bond donors (Lipinski definition) is 2. The van der Waals surface area contributed by atoms with Crippen LogP contribution in [0.15, 0.2) is 36.5 Å². The number of ether oxygens (including phenoxy) is 1. The molecule has 3 rings (SSSR count). The largest absolute Gasteiger partial charge is 0.482 e. The fourth-order valence-electron chi connectivity index (χ4n) is 2.77. The van der Waals surface area contributed by atoms with Gasteiger partial charge in [-0.15, -0.1) is 0 Å². The number of carbonyl (C=O) groups is 1. The minimum atomic E-state index is -0.310. The van der Waals surface area contributed by atoms with Crippen LogP contribution in [0.1, 0.15) is 25.7 Å². The van der Waals surface area contributed by atoms with E-state index in [4.69, 9.17) is 27.9 Å². The molecule has 1 saturated carbocycles. The molecule has 0 aliphatic heterocycles. The van der Waals surface area contributed by atoms with Crippen molar-refractivity contribution in [1.82, 2.24) is 4.98 Å². The van der Waals surface area contributed by atoms with Crippen molar-refractivity contribution >= 4 is 40.6 Å². The summed E-state index contributed by atoms with van der Waals surface area (Å²) < 4.78 is 5.40. The van der Waals surface area contributed by atoms with Crippen LogP contribution in [-0.4, -0.2) is 23.5 Å². The molecule has 1 aliphatic carbocycles. The van der Waals surface area contributed by atoms with Crippen molar-refractivity contribution in [3.8, 4) is 5.75 Å². The fraction of sp³-hybridized carbons (Fsp3) is 0.333. The van der Waals surface area contributed by atoms with Crippen LogP contribution in [0.2, 0.25) is 10.0 Å². The second kappa shape index (κ2) is 8.41. The molecule has 1 fully saturated rings. The van der Waals surface area contributed by atoms with E-state index in [9.17, 15) is 4.79 Å². The van der Waals surface area contributed by atoms with E-state index < -0.39 is 0 Å². The predicted molar refractivity (Wildman–Crippen MR) is 101 cm³/mol. The number of halogens is 2. The Labute approximate surface area is 156 Å². The maximum Gasteiger partial charge on any atom is 0.263 e. The maximum atomic E-state index is 12.0. The summed E-state index contributed by atoms with van der Waals surface area (Å²) in [7, 11) is 0. The first kappa shape index (κ1) is 17.8. The normalized spacial score (nSPS) is 14.3. The summed E-state index contributed by atoms with van der Waals surface area (Å²) >= 11 is 11.8. The average molecular weight is 380 g/mol. The van der Waals surface area contributed by atoms with Crippen LogP contribution < -0.4 is 15.4 Å². The molecule has 0 unspecified atom stereocenters. The van der Waals surface area contributed by atoms with Crippen molar-refractivity contribution in [3.05, 3.63) is 46.6 Å². The molecule has 1 aliphatic rings. The molecule has 1 heterocycles. The summed E-state index contributed by atoms with van der Waals surface area (Å²) in [6, 6.07) is 9.05. The number of benzene rings is 1. The van der Waals surface area contributed by atoms with E-state index >= 15 is 0 Å². The molecule has 1 amide bonds. The van der Waals surface area contributed by atoms with Crippen LogP contribution >= 0.6 is 23.2 Å². The third-order valence-electron chi connectivity index (χ3n) is 4.01. The first-order valence-corrected chi connectivity index (χ1v) is 8.96. The van der Waals surface area contributed by atoms with Gasteiger partial charge in [0.2, 0.25) is 0 Å². The van der Waals surface area contributed by atoms with Crippen molar-refractivity contribution in [2.75, 3.05) is 17.2 Å². The Morgan fingerprint density at radius 3 is 2.68 bits per heavy atom. The molecule has 2 N–H and O–H groups in total. The third kappa shape index (κ3) is 5.25. The number of nitrogens with zero attached hydrogens (tertiary/aromatic N) is 1. The summed E-state index contributed by atoms with van der Waals surface area (Å²) in [5, 5.41) is 7.02. The SMILES string of the molecule is O=C(COc1ccc(Cl)cc1Cl)Nc1ccc(NC2CCCC2)cn1. The Morgan fingerprint density at radius 1 is 1.20 bits per heavy atom. The van der Waals surface area contributed by atoms with Gasteiger partial charge in [0.15, 0.2) is 6.61 Å². The Morgan fingerprint density at radius 2 is 2.00 bits per heavy atom. The zero-order valence-electron chi connectivity index (χ0n) is 13.6. The van der Waals surface area contributed by atoms with Crippen molar-refractivity contribution in [2.45, 2.75) is 31.7 Å². The highest BCUT2D eigenvalue weighted by Gasteiger charge is 2.14. The Kier molecular flexibility index (Phi) is 6.00. The Balaban J connectivity index is 1.48. The standard InChI is InChI=1S/C18H19Cl2N3O2/c19-12-5-7-16(15(20)9-12)25-11-18(24)23-17-8-6-14(10-21-17)22-13-3-1-2-4-13/h5-10,13,22H,1-4,11H2,(H,21,23,24). The van der Waals surface area contributed by atoms with Gasteiger partial charge in [-0.2, -0.15) is 0 Å². The van der Waals surface area contributed by atoms with Crippen LogP contribution in [0, 0.1) is 0 Å². The van der Waals surface area contributed by atoms with Gasteiger partial charge in [0.1, 0.15) is 11.6 Å². The van der Waals surface area contributed by atoms with Gasteiger partial charge in [0.05, 0.1) is 16.9 Å². The highest BCUT2D eigenvalue weighted by atomic mass is 35.5. The first-order chi connectivity index (χ1) is 12.1. The lowest BCUT2D eigenvalue weighted by molar-refractivity contribution is -0.118. The zero-order valence-corrected chi connectivity index (χ0v) is 15.1. The van der Waals surface area contributed by atoms with Crippen molar-refractivity contribution in [2.24, 2.45) is 0 Å². The number of aromatic nitrogens is 1. The molecule has 25 heavy (non-hydrogen) atoms.